The monoisotopic (exact) mass is 221 g/mol. The summed E-state index contributed by atoms with van der Waals surface area (Å²) in [6.07, 6.45) is -0.0790. The summed E-state index contributed by atoms with van der Waals surface area (Å²) in [4.78, 5) is 0. The second-order valence-corrected chi connectivity index (χ2v) is 6.22. The van der Waals surface area contributed by atoms with E-state index in [1.165, 1.54) is 4.31 Å². The highest BCUT2D eigenvalue weighted by Gasteiger charge is 2.38. The van der Waals surface area contributed by atoms with Crippen LogP contribution < -0.4 is 0 Å². The fourth-order valence-corrected chi connectivity index (χ4v) is 3.58. The van der Waals surface area contributed by atoms with Crippen molar-refractivity contribution in [2.45, 2.75) is 45.9 Å². The smallest absolute Gasteiger partial charge is 0.217 e. The number of hydrogen-bond donors (Lipinski definition) is 0. The van der Waals surface area contributed by atoms with Crippen molar-refractivity contribution in [1.29, 1.82) is 0 Å². The molecule has 1 saturated heterocycles. The Balaban J connectivity index is 2.67. The van der Waals surface area contributed by atoms with Gasteiger partial charge in [0.05, 0.1) is 18.0 Å². The lowest BCUT2D eigenvalue weighted by molar-refractivity contribution is 0.0184. The van der Waals surface area contributed by atoms with E-state index in [9.17, 15) is 8.42 Å². The van der Waals surface area contributed by atoms with Gasteiger partial charge in [0.2, 0.25) is 10.0 Å². The number of rotatable bonds is 3. The van der Waals surface area contributed by atoms with E-state index in [1.807, 2.05) is 27.7 Å². The van der Waals surface area contributed by atoms with E-state index in [0.29, 0.717) is 6.54 Å². The molecule has 14 heavy (non-hydrogen) atoms. The second-order valence-electron chi connectivity index (χ2n) is 4.25. The van der Waals surface area contributed by atoms with Gasteiger partial charge < -0.3 is 4.74 Å². The molecule has 1 atom stereocenters. The molecule has 0 saturated carbocycles. The van der Waals surface area contributed by atoms with Crippen LogP contribution in [0.1, 0.15) is 27.7 Å². The maximum absolute atomic E-state index is 11.6. The van der Waals surface area contributed by atoms with Gasteiger partial charge >= 0.3 is 0 Å². The Hall–Kier alpha value is -0.130. The second kappa shape index (κ2) is 4.16. The summed E-state index contributed by atoms with van der Waals surface area (Å²) >= 11 is 0. The fraction of sp³-hybridized carbons (Fsp3) is 1.00. The van der Waals surface area contributed by atoms with Gasteiger partial charge in [-0.2, -0.15) is 4.31 Å². The molecule has 0 amide bonds. The predicted octanol–water partition coefficient (Wildman–Crippen LogP) is 0.834. The molecule has 1 fully saturated rings. The summed E-state index contributed by atoms with van der Waals surface area (Å²) < 4.78 is 30.3. The molecule has 1 unspecified atom stereocenters. The topological polar surface area (TPSA) is 46.6 Å². The number of sulfonamides is 1. The van der Waals surface area contributed by atoms with E-state index in [0.717, 1.165) is 0 Å². The van der Waals surface area contributed by atoms with Crippen molar-refractivity contribution in [3.8, 4) is 0 Å². The molecular formula is C9H19NO3S. The van der Waals surface area contributed by atoms with Gasteiger partial charge in [-0.1, -0.05) is 0 Å². The molecule has 0 aromatic heterocycles. The van der Waals surface area contributed by atoms with Gasteiger partial charge in [0.1, 0.15) is 0 Å². The average molecular weight is 221 g/mol. The third-order valence-electron chi connectivity index (χ3n) is 2.18. The third kappa shape index (κ3) is 2.68. The average Bonchev–Trinajstić information content (AvgIpc) is 2.23. The van der Waals surface area contributed by atoms with Crippen LogP contribution in [0.4, 0.5) is 0 Å². The van der Waals surface area contributed by atoms with Crippen molar-refractivity contribution in [3.05, 3.63) is 0 Å². The molecule has 1 heterocycles. The van der Waals surface area contributed by atoms with Gasteiger partial charge in [0.25, 0.3) is 0 Å². The van der Waals surface area contributed by atoms with Crippen LogP contribution in [0.5, 0.6) is 0 Å². The Morgan fingerprint density at radius 3 is 2.21 bits per heavy atom. The van der Waals surface area contributed by atoms with Gasteiger partial charge in [-0.25, -0.2) is 8.42 Å². The molecule has 0 aromatic rings. The quantitative estimate of drug-likeness (QED) is 0.709. The zero-order valence-corrected chi connectivity index (χ0v) is 10.0. The third-order valence-corrected chi connectivity index (χ3v) is 4.26. The fourth-order valence-electron chi connectivity index (χ4n) is 1.70. The van der Waals surface area contributed by atoms with Crippen LogP contribution in [-0.4, -0.2) is 43.3 Å². The normalized spacial score (nSPS) is 27.7. The van der Waals surface area contributed by atoms with E-state index < -0.39 is 10.0 Å². The van der Waals surface area contributed by atoms with Gasteiger partial charge in [-0.3, -0.25) is 0 Å². The SMILES string of the molecule is CC(C)OC1CN(C(C)C)S(=O)(=O)C1. The molecule has 5 heteroatoms. The first-order valence-corrected chi connectivity index (χ1v) is 6.59. The van der Waals surface area contributed by atoms with E-state index in [4.69, 9.17) is 4.74 Å². The molecule has 0 bridgehead atoms. The summed E-state index contributed by atoms with van der Waals surface area (Å²) in [6.45, 7) is 8.11. The lowest BCUT2D eigenvalue weighted by Gasteiger charge is -2.19. The van der Waals surface area contributed by atoms with Crippen molar-refractivity contribution < 1.29 is 13.2 Å². The number of nitrogens with zero attached hydrogens (tertiary/aromatic N) is 1. The lowest BCUT2D eigenvalue weighted by Crippen LogP contribution is -2.33. The largest absolute Gasteiger partial charge is 0.373 e. The van der Waals surface area contributed by atoms with E-state index >= 15 is 0 Å². The van der Waals surface area contributed by atoms with Crippen molar-refractivity contribution in [3.63, 3.8) is 0 Å². The molecule has 0 aromatic carbocycles. The summed E-state index contributed by atoms with van der Waals surface area (Å²) in [5, 5.41) is 0. The van der Waals surface area contributed by atoms with Crippen LogP contribution in [-0.2, 0) is 14.8 Å². The molecule has 0 spiro atoms. The molecular weight excluding hydrogens is 202 g/mol. The lowest BCUT2D eigenvalue weighted by atomic mass is 10.3. The highest BCUT2D eigenvalue weighted by atomic mass is 32.2. The molecule has 1 rings (SSSR count). The van der Waals surface area contributed by atoms with E-state index in [2.05, 4.69) is 0 Å². The Labute approximate surface area is 86.3 Å². The minimum Gasteiger partial charge on any atom is -0.373 e. The highest BCUT2D eigenvalue weighted by Crippen LogP contribution is 2.20. The Morgan fingerprint density at radius 2 is 1.86 bits per heavy atom. The summed E-state index contributed by atoms with van der Waals surface area (Å²) in [7, 11) is -3.07. The van der Waals surface area contributed by atoms with Crippen molar-refractivity contribution in [1.82, 2.24) is 4.31 Å². The summed E-state index contributed by atoms with van der Waals surface area (Å²) in [6, 6.07) is 0.0285. The molecule has 0 radical (unpaired) electrons. The van der Waals surface area contributed by atoms with Crippen molar-refractivity contribution >= 4 is 10.0 Å². The van der Waals surface area contributed by atoms with Crippen molar-refractivity contribution in [2.24, 2.45) is 0 Å². The van der Waals surface area contributed by atoms with Gasteiger partial charge in [-0.15, -0.1) is 0 Å². The maximum Gasteiger partial charge on any atom is 0.217 e. The molecule has 0 N–H and O–H groups in total. The summed E-state index contributed by atoms with van der Waals surface area (Å²) in [5.41, 5.74) is 0. The van der Waals surface area contributed by atoms with Crippen LogP contribution in [0.25, 0.3) is 0 Å². The Kier molecular flexibility index (Phi) is 3.55. The highest BCUT2D eigenvalue weighted by molar-refractivity contribution is 7.89. The number of ether oxygens (including phenoxy) is 1. The predicted molar refractivity (Wildman–Crippen MR) is 55.6 cm³/mol. The van der Waals surface area contributed by atoms with Gasteiger partial charge in [0, 0.05) is 12.6 Å². The van der Waals surface area contributed by atoms with Crippen LogP contribution in [0.2, 0.25) is 0 Å². The van der Waals surface area contributed by atoms with Gasteiger partial charge in [-0.05, 0) is 27.7 Å². The van der Waals surface area contributed by atoms with Gasteiger partial charge in [0.15, 0.2) is 0 Å². The van der Waals surface area contributed by atoms with Crippen LogP contribution in [0.3, 0.4) is 0 Å². The molecule has 1 aliphatic rings. The summed E-state index contributed by atoms with van der Waals surface area (Å²) in [5.74, 6) is 0.128. The molecule has 0 aliphatic carbocycles. The van der Waals surface area contributed by atoms with Crippen molar-refractivity contribution in [2.75, 3.05) is 12.3 Å². The van der Waals surface area contributed by atoms with Crippen LogP contribution in [0, 0.1) is 0 Å². The number of hydrogen-bond acceptors (Lipinski definition) is 3. The van der Waals surface area contributed by atoms with E-state index in [-0.39, 0.29) is 24.0 Å². The zero-order valence-electron chi connectivity index (χ0n) is 9.23. The first-order chi connectivity index (χ1) is 6.33. The minimum absolute atomic E-state index is 0.0285. The van der Waals surface area contributed by atoms with Crippen LogP contribution in [0.15, 0.2) is 0 Å². The van der Waals surface area contributed by atoms with Crippen LogP contribution >= 0.6 is 0 Å². The standard InChI is InChI=1S/C9H19NO3S/c1-7(2)10-5-9(13-8(3)4)6-14(10,11)12/h7-9H,5-6H2,1-4H3. The minimum atomic E-state index is -3.07. The first kappa shape index (κ1) is 11.9. The molecule has 4 nitrogen and oxygen atoms in total. The molecule has 84 valence electrons. The maximum atomic E-state index is 11.6. The zero-order chi connectivity index (χ0) is 10.9. The van der Waals surface area contributed by atoms with E-state index in [1.54, 1.807) is 0 Å². The Bertz CT molecular complexity index is 284. The first-order valence-electron chi connectivity index (χ1n) is 4.98. The molecule has 1 aliphatic heterocycles. The Morgan fingerprint density at radius 1 is 1.29 bits per heavy atom.